The third-order valence-corrected chi connectivity index (χ3v) is 6.34. The molecular weight excluding hydrogens is 406 g/mol. The summed E-state index contributed by atoms with van der Waals surface area (Å²) in [5.41, 5.74) is 3.33. The first kappa shape index (κ1) is 26.2. The number of hydrogen-bond acceptors (Lipinski definition) is 3. The van der Waals surface area contributed by atoms with Gasteiger partial charge in [-0.3, -0.25) is 4.79 Å². The second kappa shape index (κ2) is 14.2. The van der Waals surface area contributed by atoms with E-state index < -0.39 is 0 Å². The van der Waals surface area contributed by atoms with Crippen LogP contribution in [0.5, 0.6) is 0 Å². The second-order valence-electron chi connectivity index (χ2n) is 8.95. The van der Waals surface area contributed by atoms with Crippen LogP contribution in [0.4, 0.5) is 0 Å². The molecule has 0 saturated heterocycles. The number of benzene rings is 2. The molecule has 2 aromatic rings. The highest BCUT2D eigenvalue weighted by Crippen LogP contribution is 2.15. The molecule has 33 heavy (non-hydrogen) atoms. The van der Waals surface area contributed by atoms with E-state index in [2.05, 4.69) is 74.1 Å². The summed E-state index contributed by atoms with van der Waals surface area (Å²) in [7, 11) is 0. The predicted octanol–water partition coefficient (Wildman–Crippen LogP) is 5.38. The zero-order chi connectivity index (χ0) is 24.1. The lowest BCUT2D eigenvalue weighted by Crippen LogP contribution is -2.50. The summed E-state index contributed by atoms with van der Waals surface area (Å²) in [5, 5.41) is 10.2. The number of nitrogens with one attached hydrogen (secondary N) is 3. The number of rotatable bonds is 15. The summed E-state index contributed by atoms with van der Waals surface area (Å²) in [6, 6.07) is 20.7. The Morgan fingerprint density at radius 2 is 1.55 bits per heavy atom. The first-order valence-electron chi connectivity index (χ1n) is 12.1. The lowest BCUT2D eigenvalue weighted by atomic mass is 9.94. The molecule has 0 bridgehead atoms. The normalized spacial score (nSPS) is 14.4. The summed E-state index contributed by atoms with van der Waals surface area (Å²) in [4.78, 5) is 12.9. The number of aryl methyl sites for hydroxylation is 1. The summed E-state index contributed by atoms with van der Waals surface area (Å²) < 4.78 is 0. The van der Waals surface area contributed by atoms with Gasteiger partial charge < -0.3 is 16.0 Å². The van der Waals surface area contributed by atoms with Crippen molar-refractivity contribution >= 4 is 5.91 Å². The van der Waals surface area contributed by atoms with E-state index in [0.29, 0.717) is 24.8 Å². The molecule has 0 fully saturated rings. The van der Waals surface area contributed by atoms with E-state index in [1.54, 1.807) is 6.20 Å². The van der Waals surface area contributed by atoms with Crippen LogP contribution in [0, 0.1) is 5.92 Å². The molecule has 4 atom stereocenters. The van der Waals surface area contributed by atoms with Gasteiger partial charge in [0.1, 0.15) is 0 Å². The van der Waals surface area contributed by atoms with Gasteiger partial charge in [-0.1, -0.05) is 94.1 Å². The van der Waals surface area contributed by atoms with Gasteiger partial charge in [-0.05, 0) is 43.0 Å². The Kier molecular flexibility index (Phi) is 11.3. The van der Waals surface area contributed by atoms with Crippen molar-refractivity contribution in [1.29, 1.82) is 0 Å². The largest absolute Gasteiger partial charge is 0.386 e. The third-order valence-electron chi connectivity index (χ3n) is 6.34. The van der Waals surface area contributed by atoms with Gasteiger partial charge in [0, 0.05) is 24.6 Å². The van der Waals surface area contributed by atoms with Crippen LogP contribution in [-0.4, -0.2) is 24.0 Å². The number of carbonyl (C=O) groups is 1. The average molecular weight is 448 g/mol. The van der Waals surface area contributed by atoms with E-state index in [0.717, 1.165) is 25.0 Å². The topological polar surface area (TPSA) is 53.2 Å². The highest BCUT2D eigenvalue weighted by Gasteiger charge is 2.24. The van der Waals surface area contributed by atoms with Crippen LogP contribution < -0.4 is 16.0 Å². The van der Waals surface area contributed by atoms with Crippen molar-refractivity contribution in [2.45, 2.75) is 71.0 Å². The Labute approximate surface area is 200 Å². The average Bonchev–Trinajstić information content (AvgIpc) is 2.82. The van der Waals surface area contributed by atoms with Crippen LogP contribution in [0.1, 0.15) is 51.2 Å². The lowest BCUT2D eigenvalue weighted by molar-refractivity contribution is -0.122. The fourth-order valence-electron chi connectivity index (χ4n) is 3.95. The molecule has 0 aromatic heterocycles. The number of carbonyl (C=O) groups excluding carboxylic acids is 1. The second-order valence-corrected chi connectivity index (χ2v) is 8.95. The fraction of sp³-hybridized carbons (Fsp3) is 0.414. The molecule has 1 amide bonds. The third kappa shape index (κ3) is 9.56. The quantitative estimate of drug-likeness (QED) is 0.344. The van der Waals surface area contributed by atoms with Crippen LogP contribution in [0.2, 0.25) is 0 Å². The molecule has 4 heteroatoms. The summed E-state index contributed by atoms with van der Waals surface area (Å²) in [5.74, 6) is 0.600. The maximum Gasteiger partial charge on any atom is 0.220 e. The minimum absolute atomic E-state index is 0.00281. The van der Waals surface area contributed by atoms with Crippen molar-refractivity contribution in [2.24, 2.45) is 5.92 Å². The van der Waals surface area contributed by atoms with Crippen LogP contribution in [0.25, 0.3) is 0 Å². The first-order valence-corrected chi connectivity index (χ1v) is 12.1. The van der Waals surface area contributed by atoms with Gasteiger partial charge in [0.2, 0.25) is 5.91 Å². The van der Waals surface area contributed by atoms with Gasteiger partial charge in [0.25, 0.3) is 0 Å². The van der Waals surface area contributed by atoms with Crippen molar-refractivity contribution in [2.75, 3.05) is 0 Å². The summed E-state index contributed by atoms with van der Waals surface area (Å²) in [6.45, 7) is 14.8. The van der Waals surface area contributed by atoms with Gasteiger partial charge in [0.15, 0.2) is 0 Å². The number of hydrogen-bond donors (Lipinski definition) is 3. The molecule has 0 aliphatic heterocycles. The van der Waals surface area contributed by atoms with E-state index in [-0.39, 0.29) is 18.0 Å². The van der Waals surface area contributed by atoms with Crippen LogP contribution >= 0.6 is 0 Å². The van der Waals surface area contributed by atoms with Crippen LogP contribution in [0.15, 0.2) is 85.7 Å². The monoisotopic (exact) mass is 447 g/mol. The van der Waals surface area contributed by atoms with Crippen molar-refractivity contribution in [3.8, 4) is 0 Å². The maximum absolute atomic E-state index is 12.9. The van der Waals surface area contributed by atoms with E-state index >= 15 is 0 Å². The van der Waals surface area contributed by atoms with Gasteiger partial charge in [-0.2, -0.15) is 0 Å². The van der Waals surface area contributed by atoms with Gasteiger partial charge >= 0.3 is 0 Å². The van der Waals surface area contributed by atoms with E-state index in [9.17, 15) is 4.79 Å². The maximum atomic E-state index is 12.9. The Hall–Kier alpha value is -3.01. The fourth-order valence-corrected chi connectivity index (χ4v) is 3.95. The number of amides is 1. The molecule has 0 aliphatic carbocycles. The molecular formula is C29H41N3O. The first-order chi connectivity index (χ1) is 15.9. The molecule has 2 rings (SSSR count). The molecule has 0 aliphatic rings. The Morgan fingerprint density at radius 3 is 2.12 bits per heavy atom. The Balaban J connectivity index is 2.11. The molecule has 3 N–H and O–H groups in total. The molecule has 2 aromatic carbocycles. The molecule has 0 saturated carbocycles. The highest BCUT2D eigenvalue weighted by atomic mass is 16.1. The van der Waals surface area contributed by atoms with Gasteiger partial charge in [-0.15, -0.1) is 0 Å². The van der Waals surface area contributed by atoms with Crippen molar-refractivity contribution < 1.29 is 4.79 Å². The van der Waals surface area contributed by atoms with Crippen LogP contribution in [-0.2, 0) is 17.6 Å². The zero-order valence-corrected chi connectivity index (χ0v) is 20.5. The lowest BCUT2D eigenvalue weighted by Gasteiger charge is -2.31. The van der Waals surface area contributed by atoms with E-state index in [1.807, 2.05) is 36.4 Å². The van der Waals surface area contributed by atoms with Crippen molar-refractivity contribution in [3.05, 3.63) is 96.8 Å². The molecule has 4 nitrogen and oxygen atoms in total. The smallest absolute Gasteiger partial charge is 0.220 e. The van der Waals surface area contributed by atoms with Gasteiger partial charge in [0.05, 0.1) is 12.1 Å². The van der Waals surface area contributed by atoms with Gasteiger partial charge in [-0.25, -0.2) is 0 Å². The molecule has 0 radical (unpaired) electrons. The Bertz CT molecular complexity index is 850. The van der Waals surface area contributed by atoms with E-state index in [1.165, 1.54) is 11.1 Å². The van der Waals surface area contributed by atoms with E-state index in [4.69, 9.17) is 0 Å². The Morgan fingerprint density at radius 1 is 0.939 bits per heavy atom. The molecule has 0 heterocycles. The molecule has 0 spiro atoms. The predicted molar refractivity (Wildman–Crippen MR) is 140 cm³/mol. The highest BCUT2D eigenvalue weighted by molar-refractivity contribution is 5.76. The molecule has 178 valence electrons. The minimum atomic E-state index is -0.115. The standard InChI is InChI=1S/C29H41N3O/c1-6-22(3)24(5)31-23(4)20-28(27(30-7-2)21-26-16-12-9-13-17-26)32-29(33)19-18-25-14-10-8-11-15-25/h7-17,22,24,27-28,30-31H,2,4,6,18-21H2,1,3,5H3,(H,32,33)/t22-,24?,27?,28-/m0/s1. The van der Waals surface area contributed by atoms with Crippen molar-refractivity contribution in [3.63, 3.8) is 0 Å². The summed E-state index contributed by atoms with van der Waals surface area (Å²) >= 11 is 0. The summed E-state index contributed by atoms with van der Waals surface area (Å²) in [6.07, 6.45) is 5.43. The zero-order valence-electron chi connectivity index (χ0n) is 20.5. The molecule has 2 unspecified atom stereocenters. The SMILES string of the molecule is C=CNC(Cc1ccccc1)[C@H](CC(=C)NC(C)[C@@H](C)CC)NC(=O)CCc1ccccc1. The van der Waals surface area contributed by atoms with Crippen molar-refractivity contribution in [1.82, 2.24) is 16.0 Å². The minimum Gasteiger partial charge on any atom is -0.386 e. The van der Waals surface area contributed by atoms with Crippen LogP contribution in [0.3, 0.4) is 0 Å².